The van der Waals surface area contributed by atoms with Gasteiger partial charge in [-0.1, -0.05) is 29.8 Å². The number of hydrogen-bond acceptors (Lipinski definition) is 5. The van der Waals surface area contributed by atoms with Crippen LogP contribution in [-0.2, 0) is 16.6 Å². The van der Waals surface area contributed by atoms with E-state index in [1.807, 2.05) is 61.5 Å². The topological polar surface area (TPSA) is 102 Å². The van der Waals surface area contributed by atoms with Crippen molar-refractivity contribution in [3.63, 3.8) is 0 Å². The maximum atomic E-state index is 13.0. The van der Waals surface area contributed by atoms with Gasteiger partial charge in [0, 0.05) is 18.3 Å². The Morgan fingerprint density at radius 2 is 1.89 bits per heavy atom. The third-order valence-corrected chi connectivity index (χ3v) is 5.02. The number of nitrogens with zero attached hydrogens (tertiary/aromatic N) is 4. The second-order valence-electron chi connectivity index (χ2n) is 6.69. The van der Waals surface area contributed by atoms with Crippen LogP contribution in [0.15, 0.2) is 48.7 Å². The highest BCUT2D eigenvalue weighted by molar-refractivity contribution is 6.07. The summed E-state index contributed by atoms with van der Waals surface area (Å²) >= 11 is 0. The number of rotatable bonds is 3. The average Bonchev–Trinajstić information content (AvgIpc) is 2.95. The number of benzene rings is 2. The third-order valence-electron chi connectivity index (χ3n) is 5.02. The maximum Gasteiger partial charge on any atom is 0.237 e. The highest BCUT2D eigenvalue weighted by Gasteiger charge is 2.53. The number of hydrogen-bond donors (Lipinski definition) is 1. The van der Waals surface area contributed by atoms with Gasteiger partial charge in [-0.25, -0.2) is 4.98 Å². The molecule has 1 N–H and O–H groups in total. The van der Waals surface area contributed by atoms with E-state index in [0.717, 1.165) is 11.1 Å². The lowest BCUT2D eigenvalue weighted by atomic mass is 9.68. The number of amides is 1. The molecule has 1 aliphatic heterocycles. The van der Waals surface area contributed by atoms with Crippen LogP contribution in [0, 0.1) is 35.5 Å². The number of nitrogens with one attached hydrogen (secondary N) is 1. The normalized spacial score (nSPS) is 18.0. The predicted molar refractivity (Wildman–Crippen MR) is 99.4 cm³/mol. The molecular formula is C21H15N5O. The van der Waals surface area contributed by atoms with Gasteiger partial charge in [-0.3, -0.25) is 9.78 Å². The number of para-hydroxylation sites is 2. The summed E-state index contributed by atoms with van der Waals surface area (Å²) in [6.07, 6.45) is 1.73. The largest absolute Gasteiger partial charge is 0.325 e. The van der Waals surface area contributed by atoms with Crippen LogP contribution in [0.25, 0.3) is 11.0 Å². The van der Waals surface area contributed by atoms with Crippen molar-refractivity contribution in [2.24, 2.45) is 5.92 Å². The number of anilines is 1. The smallest absolute Gasteiger partial charge is 0.237 e. The van der Waals surface area contributed by atoms with Crippen molar-refractivity contribution in [3.8, 4) is 12.1 Å². The van der Waals surface area contributed by atoms with Crippen molar-refractivity contribution >= 4 is 22.6 Å². The minimum Gasteiger partial charge on any atom is -0.325 e. The second-order valence-corrected chi connectivity index (χ2v) is 6.69. The van der Waals surface area contributed by atoms with E-state index in [2.05, 4.69) is 15.3 Å². The molecule has 4 rings (SSSR count). The first-order valence-electron chi connectivity index (χ1n) is 8.51. The molecule has 0 radical (unpaired) electrons. The van der Waals surface area contributed by atoms with Gasteiger partial charge < -0.3 is 5.32 Å². The number of aryl methyl sites for hydroxylation is 1. The standard InChI is InChI=1S/C21H15N5O/c1-13-6-7-17-16(8-13)21(20(27)26-17,14(10-22)11-23)9-15-12-24-18-4-2-3-5-19(18)25-15/h2-8,12,14H,9H2,1H3,(H,26,27). The molecule has 0 bridgehead atoms. The molecule has 27 heavy (non-hydrogen) atoms. The molecule has 3 aromatic rings. The molecule has 6 heteroatoms. The fraction of sp³-hybridized carbons (Fsp3) is 0.190. The summed E-state index contributed by atoms with van der Waals surface area (Å²) in [6.45, 7) is 1.91. The van der Waals surface area contributed by atoms with E-state index in [-0.39, 0.29) is 12.3 Å². The van der Waals surface area contributed by atoms with Gasteiger partial charge in [-0.05, 0) is 30.7 Å². The molecule has 1 aromatic heterocycles. The molecule has 1 amide bonds. The SMILES string of the molecule is Cc1ccc2c(c1)C(Cc1cnc3ccccc3n1)(C(C#N)C#N)C(=O)N2. The number of fused-ring (bicyclic) bond motifs is 2. The van der Waals surface area contributed by atoms with Gasteiger partial charge in [0.25, 0.3) is 0 Å². The third kappa shape index (κ3) is 2.51. The predicted octanol–water partition coefficient (Wildman–Crippen LogP) is 3.03. The molecule has 2 aromatic carbocycles. The Morgan fingerprint density at radius 3 is 2.63 bits per heavy atom. The minimum absolute atomic E-state index is 0.124. The highest BCUT2D eigenvalue weighted by Crippen LogP contribution is 2.45. The molecular weight excluding hydrogens is 338 g/mol. The summed E-state index contributed by atoms with van der Waals surface area (Å²) in [5.41, 5.74) is 2.95. The maximum absolute atomic E-state index is 13.0. The van der Waals surface area contributed by atoms with Crippen LogP contribution in [0.5, 0.6) is 0 Å². The van der Waals surface area contributed by atoms with Gasteiger partial charge in [0.1, 0.15) is 5.41 Å². The lowest BCUT2D eigenvalue weighted by Gasteiger charge is -2.28. The zero-order valence-corrected chi connectivity index (χ0v) is 14.6. The Balaban J connectivity index is 1.90. The van der Waals surface area contributed by atoms with E-state index in [1.54, 1.807) is 6.20 Å². The molecule has 0 saturated carbocycles. The van der Waals surface area contributed by atoms with Gasteiger partial charge in [0.15, 0.2) is 5.92 Å². The molecule has 1 atom stereocenters. The van der Waals surface area contributed by atoms with Crippen LogP contribution < -0.4 is 5.32 Å². The summed E-state index contributed by atoms with van der Waals surface area (Å²) in [7, 11) is 0. The average molecular weight is 353 g/mol. The Morgan fingerprint density at radius 1 is 1.15 bits per heavy atom. The zero-order valence-electron chi connectivity index (χ0n) is 14.6. The van der Waals surface area contributed by atoms with Gasteiger partial charge >= 0.3 is 0 Å². The van der Waals surface area contributed by atoms with Crippen LogP contribution in [0.1, 0.15) is 16.8 Å². The quantitative estimate of drug-likeness (QED) is 0.779. The number of nitriles is 2. The fourth-order valence-electron chi connectivity index (χ4n) is 3.67. The van der Waals surface area contributed by atoms with Gasteiger partial charge in [0.05, 0.1) is 28.9 Å². The summed E-state index contributed by atoms with van der Waals surface area (Å²) in [4.78, 5) is 22.0. The summed E-state index contributed by atoms with van der Waals surface area (Å²) < 4.78 is 0. The van der Waals surface area contributed by atoms with Crippen molar-refractivity contribution < 1.29 is 4.79 Å². The molecule has 130 valence electrons. The van der Waals surface area contributed by atoms with Crippen molar-refractivity contribution in [1.29, 1.82) is 10.5 Å². The van der Waals surface area contributed by atoms with Crippen LogP contribution in [0.4, 0.5) is 5.69 Å². The lowest BCUT2D eigenvalue weighted by molar-refractivity contribution is -0.121. The van der Waals surface area contributed by atoms with E-state index >= 15 is 0 Å². The molecule has 2 heterocycles. The van der Waals surface area contributed by atoms with E-state index in [1.165, 1.54) is 0 Å². The van der Waals surface area contributed by atoms with Gasteiger partial charge in [-0.15, -0.1) is 0 Å². The van der Waals surface area contributed by atoms with Crippen LogP contribution >= 0.6 is 0 Å². The summed E-state index contributed by atoms with van der Waals surface area (Å²) in [5.74, 6) is -1.50. The lowest BCUT2D eigenvalue weighted by Crippen LogP contribution is -2.43. The number of carbonyl (C=O) groups is 1. The fourth-order valence-corrected chi connectivity index (χ4v) is 3.67. The van der Waals surface area contributed by atoms with E-state index in [4.69, 9.17) is 0 Å². The first-order valence-corrected chi connectivity index (χ1v) is 8.51. The van der Waals surface area contributed by atoms with Crippen molar-refractivity contribution in [1.82, 2.24) is 9.97 Å². The molecule has 1 aliphatic rings. The molecule has 0 aliphatic carbocycles. The van der Waals surface area contributed by atoms with Gasteiger partial charge in [0.2, 0.25) is 5.91 Å². The van der Waals surface area contributed by atoms with E-state index in [9.17, 15) is 15.3 Å². The Hall–Kier alpha value is -3.77. The Kier molecular flexibility index (Phi) is 3.83. The summed E-state index contributed by atoms with van der Waals surface area (Å²) in [5, 5.41) is 22.1. The Bertz CT molecular complexity index is 1140. The number of aromatic nitrogens is 2. The van der Waals surface area contributed by atoms with Crippen molar-refractivity contribution in [2.45, 2.75) is 18.8 Å². The van der Waals surface area contributed by atoms with Crippen LogP contribution in [0.3, 0.4) is 0 Å². The van der Waals surface area contributed by atoms with Crippen LogP contribution in [-0.4, -0.2) is 15.9 Å². The first-order chi connectivity index (χ1) is 13.1. The molecule has 0 spiro atoms. The number of carbonyl (C=O) groups excluding carboxylic acids is 1. The Labute approximate surface area is 156 Å². The van der Waals surface area contributed by atoms with Crippen LogP contribution in [0.2, 0.25) is 0 Å². The molecule has 0 fully saturated rings. The van der Waals surface area contributed by atoms with Crippen molar-refractivity contribution in [3.05, 3.63) is 65.5 Å². The summed E-state index contributed by atoms with van der Waals surface area (Å²) in [6, 6.07) is 17.0. The van der Waals surface area contributed by atoms with Crippen molar-refractivity contribution in [2.75, 3.05) is 5.32 Å². The highest BCUT2D eigenvalue weighted by atomic mass is 16.2. The van der Waals surface area contributed by atoms with E-state index < -0.39 is 11.3 Å². The van der Waals surface area contributed by atoms with E-state index in [0.29, 0.717) is 22.5 Å². The first kappa shape index (κ1) is 16.7. The molecule has 0 saturated heterocycles. The monoisotopic (exact) mass is 353 g/mol. The second kappa shape index (κ2) is 6.19. The molecule has 1 unspecified atom stereocenters. The minimum atomic E-state index is -1.32. The zero-order chi connectivity index (χ0) is 19.0. The molecule has 6 nitrogen and oxygen atoms in total. The van der Waals surface area contributed by atoms with Gasteiger partial charge in [-0.2, -0.15) is 10.5 Å².